The van der Waals surface area contributed by atoms with E-state index in [0.29, 0.717) is 11.4 Å². The molecule has 2 aromatic heterocycles. The van der Waals surface area contributed by atoms with Crippen LogP contribution in [0.25, 0.3) is 21.8 Å². The summed E-state index contributed by atoms with van der Waals surface area (Å²) in [6.07, 6.45) is 1.85. The molecule has 4 rings (SSSR count). The van der Waals surface area contributed by atoms with Crippen LogP contribution in [0, 0.1) is 0 Å². The molecule has 0 fully saturated rings. The first-order chi connectivity index (χ1) is 11.8. The standard InChI is InChI=1S/C19H15N3O2/c1-24-18-11-14(12-5-2-3-6-16(12)21-18)19(23)22-17-8-4-7-15-13(17)9-10-20-15/h2-11,20H,1H3,(H,22,23). The van der Waals surface area contributed by atoms with Crippen LogP contribution in [0.2, 0.25) is 0 Å². The van der Waals surface area contributed by atoms with E-state index in [-0.39, 0.29) is 5.91 Å². The topological polar surface area (TPSA) is 67.0 Å². The van der Waals surface area contributed by atoms with Crippen molar-refractivity contribution in [1.29, 1.82) is 0 Å². The first-order valence-electron chi connectivity index (χ1n) is 7.57. The molecule has 0 spiro atoms. The molecular formula is C19H15N3O2. The SMILES string of the molecule is COc1cc(C(=O)Nc2cccc3[nH]ccc23)c2ccccc2n1. The smallest absolute Gasteiger partial charge is 0.256 e. The third kappa shape index (κ3) is 2.36. The molecule has 24 heavy (non-hydrogen) atoms. The van der Waals surface area contributed by atoms with Gasteiger partial charge in [-0.3, -0.25) is 4.79 Å². The van der Waals surface area contributed by atoms with Gasteiger partial charge in [-0.25, -0.2) is 4.98 Å². The molecule has 2 heterocycles. The van der Waals surface area contributed by atoms with Gasteiger partial charge in [-0.05, 0) is 24.3 Å². The predicted octanol–water partition coefficient (Wildman–Crippen LogP) is 3.98. The summed E-state index contributed by atoms with van der Waals surface area (Å²) in [6, 6.07) is 16.9. The average molecular weight is 317 g/mol. The Balaban J connectivity index is 1.79. The van der Waals surface area contributed by atoms with E-state index in [1.165, 1.54) is 0 Å². The Labute approximate surface area is 138 Å². The van der Waals surface area contributed by atoms with Crippen LogP contribution in [0.3, 0.4) is 0 Å². The van der Waals surface area contributed by atoms with Gasteiger partial charge in [-0.1, -0.05) is 24.3 Å². The van der Waals surface area contributed by atoms with Crippen LogP contribution < -0.4 is 10.1 Å². The Morgan fingerprint density at radius 1 is 1.08 bits per heavy atom. The molecule has 0 saturated carbocycles. The molecule has 0 radical (unpaired) electrons. The second-order valence-electron chi connectivity index (χ2n) is 5.43. The second-order valence-corrected chi connectivity index (χ2v) is 5.43. The van der Waals surface area contributed by atoms with Gasteiger partial charge in [0.05, 0.1) is 23.9 Å². The quantitative estimate of drug-likeness (QED) is 0.600. The maximum atomic E-state index is 12.9. The second kappa shape index (κ2) is 5.70. The third-order valence-corrected chi connectivity index (χ3v) is 3.99. The Morgan fingerprint density at radius 3 is 2.83 bits per heavy atom. The van der Waals surface area contributed by atoms with Gasteiger partial charge in [-0.2, -0.15) is 0 Å². The first kappa shape index (κ1) is 14.3. The summed E-state index contributed by atoms with van der Waals surface area (Å²) in [5.74, 6) is 0.222. The average Bonchev–Trinajstić information content (AvgIpc) is 3.10. The zero-order chi connectivity index (χ0) is 16.5. The number of anilines is 1. The van der Waals surface area contributed by atoms with Crippen LogP contribution in [-0.2, 0) is 0 Å². The normalized spacial score (nSPS) is 10.9. The number of carbonyl (C=O) groups excluding carboxylic acids is 1. The van der Waals surface area contributed by atoms with Crippen molar-refractivity contribution in [3.05, 3.63) is 66.4 Å². The number of ether oxygens (including phenoxy) is 1. The fraction of sp³-hybridized carbons (Fsp3) is 0.0526. The molecule has 0 saturated heterocycles. The minimum absolute atomic E-state index is 0.194. The number of nitrogens with zero attached hydrogens (tertiary/aromatic N) is 1. The van der Waals surface area contributed by atoms with E-state index in [4.69, 9.17) is 4.74 Å². The van der Waals surface area contributed by atoms with Crippen molar-refractivity contribution in [1.82, 2.24) is 9.97 Å². The lowest BCUT2D eigenvalue weighted by Gasteiger charge is -2.10. The van der Waals surface area contributed by atoms with Gasteiger partial charge < -0.3 is 15.0 Å². The number of methoxy groups -OCH3 is 1. The monoisotopic (exact) mass is 317 g/mol. The van der Waals surface area contributed by atoms with Crippen molar-refractivity contribution in [3.8, 4) is 5.88 Å². The summed E-state index contributed by atoms with van der Waals surface area (Å²) in [5.41, 5.74) is 3.00. The number of rotatable bonds is 3. The predicted molar refractivity (Wildman–Crippen MR) is 94.5 cm³/mol. The lowest BCUT2D eigenvalue weighted by molar-refractivity contribution is 0.102. The minimum Gasteiger partial charge on any atom is -0.481 e. The maximum absolute atomic E-state index is 12.9. The van der Waals surface area contributed by atoms with Crippen molar-refractivity contribution in [2.75, 3.05) is 12.4 Å². The van der Waals surface area contributed by atoms with Gasteiger partial charge in [0.15, 0.2) is 0 Å². The number of hydrogen-bond donors (Lipinski definition) is 2. The van der Waals surface area contributed by atoms with Crippen LogP contribution in [0.5, 0.6) is 5.88 Å². The van der Waals surface area contributed by atoms with Crippen molar-refractivity contribution < 1.29 is 9.53 Å². The molecule has 5 nitrogen and oxygen atoms in total. The van der Waals surface area contributed by atoms with Crippen LogP contribution >= 0.6 is 0 Å². The van der Waals surface area contributed by atoms with Crippen molar-refractivity contribution in [3.63, 3.8) is 0 Å². The molecular weight excluding hydrogens is 302 g/mol. The highest BCUT2D eigenvalue weighted by atomic mass is 16.5. The fourth-order valence-corrected chi connectivity index (χ4v) is 2.83. The highest BCUT2D eigenvalue weighted by Gasteiger charge is 2.14. The van der Waals surface area contributed by atoms with Gasteiger partial charge in [0.1, 0.15) is 0 Å². The van der Waals surface area contributed by atoms with Crippen molar-refractivity contribution in [2.24, 2.45) is 0 Å². The fourth-order valence-electron chi connectivity index (χ4n) is 2.83. The van der Waals surface area contributed by atoms with Gasteiger partial charge >= 0.3 is 0 Å². The van der Waals surface area contributed by atoms with Crippen molar-refractivity contribution >= 4 is 33.4 Å². The van der Waals surface area contributed by atoms with Gasteiger partial charge in [0, 0.05) is 28.6 Å². The van der Waals surface area contributed by atoms with E-state index in [1.54, 1.807) is 13.2 Å². The van der Waals surface area contributed by atoms with Gasteiger partial charge in [0.25, 0.3) is 5.91 Å². The van der Waals surface area contributed by atoms with E-state index < -0.39 is 0 Å². The molecule has 2 aromatic carbocycles. The van der Waals surface area contributed by atoms with Crippen LogP contribution in [0.1, 0.15) is 10.4 Å². The van der Waals surface area contributed by atoms with E-state index in [9.17, 15) is 4.79 Å². The minimum atomic E-state index is -0.194. The highest BCUT2D eigenvalue weighted by molar-refractivity contribution is 6.14. The largest absolute Gasteiger partial charge is 0.481 e. The number of nitrogens with one attached hydrogen (secondary N) is 2. The molecule has 0 bridgehead atoms. The molecule has 1 amide bonds. The molecule has 0 aliphatic rings. The number of amides is 1. The van der Waals surface area contributed by atoms with Crippen LogP contribution in [0.4, 0.5) is 5.69 Å². The Kier molecular flexibility index (Phi) is 3.39. The van der Waals surface area contributed by atoms with Gasteiger partial charge in [0.2, 0.25) is 5.88 Å². The third-order valence-electron chi connectivity index (χ3n) is 3.99. The summed E-state index contributed by atoms with van der Waals surface area (Å²) in [6.45, 7) is 0. The zero-order valence-electron chi connectivity index (χ0n) is 13.0. The highest BCUT2D eigenvalue weighted by Crippen LogP contribution is 2.26. The number of benzene rings is 2. The number of carbonyl (C=O) groups is 1. The van der Waals surface area contributed by atoms with Crippen LogP contribution in [0.15, 0.2) is 60.8 Å². The van der Waals surface area contributed by atoms with Gasteiger partial charge in [-0.15, -0.1) is 0 Å². The lowest BCUT2D eigenvalue weighted by Crippen LogP contribution is -2.13. The number of pyridine rings is 1. The molecule has 0 unspecified atom stereocenters. The lowest BCUT2D eigenvalue weighted by atomic mass is 10.1. The number of fused-ring (bicyclic) bond motifs is 2. The molecule has 0 atom stereocenters. The Bertz CT molecular complexity index is 1050. The first-order valence-corrected chi connectivity index (χ1v) is 7.57. The van der Waals surface area contributed by atoms with Crippen LogP contribution in [-0.4, -0.2) is 23.0 Å². The summed E-state index contributed by atoms with van der Waals surface area (Å²) in [7, 11) is 1.54. The van der Waals surface area contributed by atoms with Crippen molar-refractivity contribution in [2.45, 2.75) is 0 Å². The number of H-pyrrole nitrogens is 1. The maximum Gasteiger partial charge on any atom is 0.256 e. The summed E-state index contributed by atoms with van der Waals surface area (Å²) < 4.78 is 5.23. The molecule has 118 valence electrons. The molecule has 0 aliphatic heterocycles. The summed E-state index contributed by atoms with van der Waals surface area (Å²) >= 11 is 0. The summed E-state index contributed by atoms with van der Waals surface area (Å²) in [5, 5.41) is 4.75. The van der Waals surface area contributed by atoms with E-state index in [2.05, 4.69) is 15.3 Å². The number of aromatic nitrogens is 2. The number of hydrogen-bond acceptors (Lipinski definition) is 3. The van der Waals surface area contributed by atoms with E-state index >= 15 is 0 Å². The molecule has 5 heteroatoms. The Morgan fingerprint density at radius 2 is 1.96 bits per heavy atom. The zero-order valence-corrected chi connectivity index (χ0v) is 13.0. The van der Waals surface area contributed by atoms with E-state index in [0.717, 1.165) is 27.5 Å². The number of aromatic amines is 1. The van der Waals surface area contributed by atoms with E-state index in [1.807, 2.05) is 54.7 Å². The molecule has 4 aromatic rings. The molecule has 0 aliphatic carbocycles. The number of para-hydroxylation sites is 1. The summed E-state index contributed by atoms with van der Waals surface area (Å²) in [4.78, 5) is 20.4. The molecule has 2 N–H and O–H groups in total. The Hall–Kier alpha value is -3.34.